The average Bonchev–Trinajstić information content (AvgIpc) is 3.33. The molecule has 2 heterocycles. The maximum absolute atomic E-state index is 12.1. The minimum atomic E-state index is -1.11. The van der Waals surface area contributed by atoms with Crippen molar-refractivity contribution < 1.29 is 98.0 Å². The summed E-state index contributed by atoms with van der Waals surface area (Å²) in [6.45, 7) is 4.39. The summed E-state index contributed by atoms with van der Waals surface area (Å²) in [6, 6.07) is -0.573. The Bertz CT molecular complexity index is 1460. The van der Waals surface area contributed by atoms with Gasteiger partial charge in [0.1, 0.15) is 0 Å². The number of carboxylic acid groups (broad SMARTS) is 6. The van der Waals surface area contributed by atoms with Gasteiger partial charge in [0.2, 0.25) is 0 Å². The minimum absolute atomic E-state index is 0.0346. The first kappa shape index (κ1) is 68.2. The number of aliphatic carboxylic acids is 6. The highest BCUT2D eigenvalue weighted by atomic mass is 16.6. The second kappa shape index (κ2) is 41.2. The SMILES string of the molecule is COCCOCCOCC(COCCOCCOC)N(CC(O)CN1CCN(CC(=O)O)CCN(CC(=O)O)CCN(CC(=O)O)CC1)CC(O)CN1CCN(CC(=O)O)CCN(CC(=O)O)CCN(CC(=O)O)CC1. The second-order valence-electron chi connectivity index (χ2n) is 18.9. The van der Waals surface area contributed by atoms with Crippen LogP contribution < -0.4 is 0 Å². The molecule has 2 atom stereocenters. The normalized spacial score (nSPS) is 18.9. The van der Waals surface area contributed by atoms with E-state index >= 15 is 0 Å². The van der Waals surface area contributed by atoms with Crippen molar-refractivity contribution in [3.63, 3.8) is 0 Å². The fraction of sp³-hybridized carbons (Fsp3) is 0.872. The van der Waals surface area contributed by atoms with Crippen molar-refractivity contribution in [3.8, 4) is 0 Å². The van der Waals surface area contributed by atoms with Gasteiger partial charge >= 0.3 is 35.8 Å². The summed E-state index contributed by atoms with van der Waals surface area (Å²) >= 11 is 0. The van der Waals surface area contributed by atoms with Gasteiger partial charge in [-0.3, -0.25) is 72.9 Å². The molecule has 2 fully saturated rings. The summed E-state index contributed by atoms with van der Waals surface area (Å²) in [4.78, 5) is 86.9. The van der Waals surface area contributed by atoms with Crippen LogP contribution in [0.3, 0.4) is 0 Å². The maximum atomic E-state index is 12.1. The summed E-state index contributed by atoms with van der Waals surface area (Å²) < 4.78 is 33.6. The van der Waals surface area contributed by atoms with Crippen molar-refractivity contribution in [2.75, 3.05) is 250 Å². The smallest absolute Gasteiger partial charge is 0.317 e. The van der Waals surface area contributed by atoms with Crippen LogP contribution in [-0.2, 0) is 57.2 Å². The van der Waals surface area contributed by atoms with Crippen LogP contribution in [0.15, 0.2) is 0 Å². The number of aliphatic hydroxyl groups is 2. The van der Waals surface area contributed by atoms with Gasteiger partial charge in [0, 0.05) is 145 Å². The van der Waals surface area contributed by atoms with Crippen molar-refractivity contribution in [3.05, 3.63) is 0 Å². The van der Waals surface area contributed by atoms with E-state index in [1.165, 1.54) is 0 Å². The van der Waals surface area contributed by atoms with Gasteiger partial charge < -0.3 is 69.3 Å². The van der Waals surface area contributed by atoms with Gasteiger partial charge in [0.25, 0.3) is 0 Å². The molecule has 2 aliphatic heterocycles. The Morgan fingerprint density at radius 2 is 0.566 bits per heavy atom. The van der Waals surface area contributed by atoms with E-state index in [4.69, 9.17) is 28.4 Å². The van der Waals surface area contributed by atoms with Gasteiger partial charge in [0.05, 0.1) is 124 Å². The third kappa shape index (κ3) is 34.8. The predicted molar refractivity (Wildman–Crippen MR) is 272 cm³/mol. The first-order valence-corrected chi connectivity index (χ1v) is 25.8. The van der Waals surface area contributed by atoms with Crippen LogP contribution in [0.2, 0.25) is 0 Å². The summed E-state index contributed by atoms with van der Waals surface area (Å²) in [7, 11) is 3.12. The van der Waals surface area contributed by atoms with Gasteiger partial charge in [-0.25, -0.2) is 0 Å². The number of rotatable bonds is 37. The molecule has 0 bridgehead atoms. The number of carbonyl (C=O) groups is 6. The van der Waals surface area contributed by atoms with Crippen LogP contribution in [-0.4, -0.2) is 389 Å². The Hall–Kier alpha value is -3.86. The number of carboxylic acids is 6. The van der Waals surface area contributed by atoms with Crippen LogP contribution in [0, 0.1) is 0 Å². The van der Waals surface area contributed by atoms with E-state index in [0.29, 0.717) is 26.4 Å². The van der Waals surface area contributed by atoms with E-state index in [1.54, 1.807) is 43.6 Å². The number of methoxy groups -OCH3 is 2. The maximum Gasteiger partial charge on any atom is 0.317 e. The van der Waals surface area contributed by atoms with E-state index in [2.05, 4.69) is 0 Å². The zero-order valence-electron chi connectivity index (χ0n) is 44.7. The molecule has 442 valence electrons. The Balaban J connectivity index is 2.50. The zero-order chi connectivity index (χ0) is 56.1. The molecule has 2 saturated heterocycles. The molecule has 2 rings (SSSR count). The van der Waals surface area contributed by atoms with E-state index in [9.17, 15) is 69.6 Å². The molecule has 0 saturated carbocycles. The van der Waals surface area contributed by atoms with E-state index in [1.807, 2.05) is 14.7 Å². The molecule has 0 aromatic heterocycles. The molecule has 0 aromatic carbocycles. The van der Waals surface area contributed by atoms with Gasteiger partial charge in [-0.15, -0.1) is 0 Å². The molecule has 29 heteroatoms. The van der Waals surface area contributed by atoms with Crippen LogP contribution in [0.1, 0.15) is 0 Å². The third-order valence-corrected chi connectivity index (χ3v) is 12.6. The summed E-state index contributed by atoms with van der Waals surface area (Å²) in [5.74, 6) is -6.43. The standard InChI is InChI=1S/C47H89N9O20/c1-71-19-21-73-23-25-75-37-39(38-76-26-24-74-22-20-72-2)56(29-40(57)27-48-3-7-50(31-42(59)60)11-15-54(35-46(67)68)16-12-51(8-4-48)32-43(61)62)30-41(58)28-49-5-9-52(33-44(63)64)13-17-55(36-47(69)70)18-14-53(10-6-49)34-45(65)66/h39-41,57-58H,3-38H2,1-2H3,(H,59,60)(H,61,62)(H,63,64)(H,65,66)(H,67,68)(H,69,70). The second-order valence-corrected chi connectivity index (χ2v) is 18.9. The van der Waals surface area contributed by atoms with Crippen molar-refractivity contribution in [1.82, 2.24) is 44.1 Å². The van der Waals surface area contributed by atoms with Gasteiger partial charge in [-0.2, -0.15) is 0 Å². The Morgan fingerprint density at radius 1 is 0.355 bits per heavy atom. The van der Waals surface area contributed by atoms with E-state index < -0.39 is 54.1 Å². The third-order valence-electron chi connectivity index (χ3n) is 12.6. The Morgan fingerprint density at radius 3 is 0.789 bits per heavy atom. The van der Waals surface area contributed by atoms with Crippen molar-refractivity contribution in [2.45, 2.75) is 18.2 Å². The highest BCUT2D eigenvalue weighted by molar-refractivity contribution is 5.71. The van der Waals surface area contributed by atoms with Crippen LogP contribution in [0.5, 0.6) is 0 Å². The quantitative estimate of drug-likeness (QED) is 0.0269. The summed E-state index contributed by atoms with van der Waals surface area (Å²) in [5.41, 5.74) is 0. The Kier molecular flexibility index (Phi) is 37.0. The fourth-order valence-electron chi connectivity index (χ4n) is 8.67. The summed E-state index contributed by atoms with van der Waals surface area (Å²) in [6.07, 6.45) is -2.22. The largest absolute Gasteiger partial charge is 0.480 e. The minimum Gasteiger partial charge on any atom is -0.480 e. The highest BCUT2D eigenvalue weighted by Crippen LogP contribution is 2.11. The van der Waals surface area contributed by atoms with Crippen molar-refractivity contribution >= 4 is 35.8 Å². The molecule has 76 heavy (non-hydrogen) atoms. The Labute approximate surface area is 445 Å². The van der Waals surface area contributed by atoms with Gasteiger partial charge in [-0.05, 0) is 0 Å². The number of β-amino-alcohol motifs (C(OH)–C–C–N with tert-alkyl or cyclic N) is 2. The lowest BCUT2D eigenvalue weighted by molar-refractivity contribution is -0.140. The molecular weight excluding hydrogens is 1010 g/mol. The monoisotopic (exact) mass is 1100 g/mol. The van der Waals surface area contributed by atoms with Crippen LogP contribution >= 0.6 is 0 Å². The molecule has 0 aromatic rings. The lowest BCUT2D eigenvalue weighted by Gasteiger charge is -2.38. The van der Waals surface area contributed by atoms with Crippen molar-refractivity contribution in [1.29, 1.82) is 0 Å². The number of ether oxygens (including phenoxy) is 6. The first-order chi connectivity index (χ1) is 36.3. The topological polar surface area (TPSA) is 349 Å². The molecule has 0 amide bonds. The van der Waals surface area contributed by atoms with Crippen molar-refractivity contribution in [2.24, 2.45) is 0 Å². The lowest BCUT2D eigenvalue weighted by atomic mass is 10.1. The molecule has 2 aliphatic rings. The van der Waals surface area contributed by atoms with Gasteiger partial charge in [-0.1, -0.05) is 0 Å². The fourth-order valence-corrected chi connectivity index (χ4v) is 8.67. The molecule has 0 spiro atoms. The van der Waals surface area contributed by atoms with Crippen LogP contribution in [0.4, 0.5) is 0 Å². The van der Waals surface area contributed by atoms with Gasteiger partial charge in [0.15, 0.2) is 0 Å². The number of hydrogen-bond donors (Lipinski definition) is 8. The number of nitrogens with zero attached hydrogens (tertiary/aromatic N) is 9. The number of aliphatic hydroxyl groups excluding tert-OH is 2. The molecule has 29 nitrogen and oxygen atoms in total. The molecular formula is C47H89N9O20. The molecule has 0 aliphatic carbocycles. The van der Waals surface area contributed by atoms with E-state index in [0.717, 1.165) is 0 Å². The highest BCUT2D eigenvalue weighted by Gasteiger charge is 2.29. The van der Waals surface area contributed by atoms with E-state index in [-0.39, 0.29) is 210 Å². The zero-order valence-corrected chi connectivity index (χ0v) is 44.7. The molecule has 8 N–H and O–H groups in total. The summed E-state index contributed by atoms with van der Waals surface area (Å²) in [5, 5.41) is 82.3. The predicted octanol–water partition coefficient (Wildman–Crippen LogP) is -5.31. The van der Waals surface area contributed by atoms with Crippen LogP contribution in [0.25, 0.3) is 0 Å². The first-order valence-electron chi connectivity index (χ1n) is 25.8. The average molecular weight is 1100 g/mol. The number of hydrogen-bond acceptors (Lipinski definition) is 23. The molecule has 0 radical (unpaired) electrons. The molecule has 2 unspecified atom stereocenters. The lowest BCUT2D eigenvalue weighted by Crippen LogP contribution is -2.54.